The Bertz CT molecular complexity index is 753. The Labute approximate surface area is 172 Å². The highest BCUT2D eigenvalue weighted by molar-refractivity contribution is 7.07. The average Bonchev–Trinajstić information content (AvgIpc) is 3.44. The minimum Gasteiger partial charge on any atom is -0.356 e. The van der Waals surface area contributed by atoms with Crippen molar-refractivity contribution >= 4 is 17.3 Å². The van der Waals surface area contributed by atoms with Gasteiger partial charge in [-0.2, -0.15) is 11.3 Å². The fourth-order valence-electron chi connectivity index (χ4n) is 3.59. The molecule has 2 N–H and O–H groups in total. The SMILES string of the molecule is CCN1CCCC1CNC(=NCc1nnc(C)n1C)NCC(C)c1ccsc1. The molecule has 1 saturated heterocycles. The lowest BCUT2D eigenvalue weighted by Crippen LogP contribution is -2.45. The first-order valence-corrected chi connectivity index (χ1v) is 11.2. The molecular formula is C20H33N7S. The van der Waals surface area contributed by atoms with Gasteiger partial charge < -0.3 is 15.2 Å². The number of guanidine groups is 1. The van der Waals surface area contributed by atoms with E-state index in [4.69, 9.17) is 4.99 Å². The first-order chi connectivity index (χ1) is 13.6. The quantitative estimate of drug-likeness (QED) is 0.523. The van der Waals surface area contributed by atoms with Crippen LogP contribution in [0.4, 0.5) is 0 Å². The highest BCUT2D eigenvalue weighted by atomic mass is 32.1. The van der Waals surface area contributed by atoms with Crippen LogP contribution in [0.5, 0.6) is 0 Å². The molecule has 0 amide bonds. The predicted molar refractivity (Wildman–Crippen MR) is 116 cm³/mol. The Morgan fingerprint density at radius 2 is 2.25 bits per heavy atom. The average molecular weight is 404 g/mol. The second kappa shape index (κ2) is 10.0. The number of nitrogens with one attached hydrogen (secondary N) is 2. The highest BCUT2D eigenvalue weighted by Crippen LogP contribution is 2.17. The van der Waals surface area contributed by atoms with Gasteiger partial charge >= 0.3 is 0 Å². The molecule has 0 radical (unpaired) electrons. The molecule has 0 spiro atoms. The maximum absolute atomic E-state index is 4.79. The smallest absolute Gasteiger partial charge is 0.191 e. The molecule has 0 aliphatic carbocycles. The van der Waals surface area contributed by atoms with E-state index in [1.54, 1.807) is 11.3 Å². The van der Waals surface area contributed by atoms with E-state index < -0.39 is 0 Å². The third-order valence-corrected chi connectivity index (χ3v) is 6.36. The molecule has 3 rings (SSSR count). The van der Waals surface area contributed by atoms with Gasteiger partial charge in [-0.3, -0.25) is 4.90 Å². The summed E-state index contributed by atoms with van der Waals surface area (Å²) in [6, 6.07) is 2.78. The normalized spacial score (nSPS) is 19.1. The Morgan fingerprint density at radius 1 is 1.39 bits per heavy atom. The minimum atomic E-state index is 0.439. The number of aryl methyl sites for hydroxylation is 1. The van der Waals surface area contributed by atoms with Gasteiger partial charge in [0.25, 0.3) is 0 Å². The minimum absolute atomic E-state index is 0.439. The van der Waals surface area contributed by atoms with Gasteiger partial charge in [0.15, 0.2) is 11.8 Å². The van der Waals surface area contributed by atoms with Gasteiger partial charge in [0.1, 0.15) is 12.4 Å². The van der Waals surface area contributed by atoms with Crippen LogP contribution in [0, 0.1) is 6.92 Å². The van der Waals surface area contributed by atoms with E-state index in [9.17, 15) is 0 Å². The number of nitrogens with zero attached hydrogens (tertiary/aromatic N) is 5. The summed E-state index contributed by atoms with van der Waals surface area (Å²) in [6.07, 6.45) is 2.54. The van der Waals surface area contributed by atoms with Crippen molar-refractivity contribution in [3.05, 3.63) is 34.0 Å². The second-order valence-electron chi connectivity index (χ2n) is 7.53. The third kappa shape index (κ3) is 5.32. The first kappa shape index (κ1) is 20.8. The van der Waals surface area contributed by atoms with E-state index in [1.807, 2.05) is 18.5 Å². The molecule has 2 atom stereocenters. The van der Waals surface area contributed by atoms with Gasteiger partial charge in [-0.05, 0) is 61.2 Å². The molecule has 0 saturated carbocycles. The van der Waals surface area contributed by atoms with Crippen LogP contribution >= 0.6 is 11.3 Å². The van der Waals surface area contributed by atoms with Gasteiger partial charge in [-0.25, -0.2) is 4.99 Å². The Hall–Kier alpha value is -1.93. The van der Waals surface area contributed by atoms with Crippen LogP contribution in [-0.2, 0) is 13.6 Å². The molecule has 1 aliphatic heterocycles. The van der Waals surface area contributed by atoms with Crippen molar-refractivity contribution in [1.82, 2.24) is 30.3 Å². The van der Waals surface area contributed by atoms with E-state index in [0.29, 0.717) is 18.5 Å². The summed E-state index contributed by atoms with van der Waals surface area (Å²) in [6.45, 7) is 11.0. The van der Waals surface area contributed by atoms with Gasteiger partial charge in [0.05, 0.1) is 0 Å². The van der Waals surface area contributed by atoms with Crippen LogP contribution in [0.2, 0.25) is 0 Å². The molecule has 3 heterocycles. The summed E-state index contributed by atoms with van der Waals surface area (Å²) in [5.74, 6) is 3.07. The highest BCUT2D eigenvalue weighted by Gasteiger charge is 2.23. The fraction of sp³-hybridized carbons (Fsp3) is 0.650. The van der Waals surface area contributed by atoms with E-state index >= 15 is 0 Å². The standard InChI is InChI=1S/C20H33N7S/c1-5-27-9-6-7-18(27)12-22-20(21-11-15(2)17-8-10-28-14-17)23-13-19-25-24-16(3)26(19)4/h8,10,14-15,18H,5-7,9,11-13H2,1-4H3,(H2,21,22,23). The molecule has 1 fully saturated rings. The zero-order chi connectivity index (χ0) is 19.9. The van der Waals surface area contributed by atoms with Gasteiger partial charge in [0.2, 0.25) is 0 Å². The topological polar surface area (TPSA) is 70.4 Å². The zero-order valence-electron chi connectivity index (χ0n) is 17.5. The zero-order valence-corrected chi connectivity index (χ0v) is 18.3. The van der Waals surface area contributed by atoms with Crippen LogP contribution in [0.25, 0.3) is 0 Å². The molecule has 2 aromatic heterocycles. The Kier molecular flexibility index (Phi) is 7.44. The van der Waals surface area contributed by atoms with Crippen molar-refractivity contribution in [1.29, 1.82) is 0 Å². The van der Waals surface area contributed by atoms with E-state index in [-0.39, 0.29) is 0 Å². The number of hydrogen-bond acceptors (Lipinski definition) is 5. The Balaban J connectivity index is 1.62. The number of hydrogen-bond donors (Lipinski definition) is 2. The summed E-state index contributed by atoms with van der Waals surface area (Å²) in [7, 11) is 1.98. The number of rotatable bonds is 8. The summed E-state index contributed by atoms with van der Waals surface area (Å²) in [4.78, 5) is 7.33. The van der Waals surface area contributed by atoms with Gasteiger partial charge in [-0.1, -0.05) is 13.8 Å². The molecule has 8 heteroatoms. The van der Waals surface area contributed by atoms with Crippen LogP contribution in [0.1, 0.15) is 49.8 Å². The molecule has 2 aromatic rings. The molecule has 1 aliphatic rings. The molecule has 2 unspecified atom stereocenters. The van der Waals surface area contributed by atoms with Crippen molar-refractivity contribution in [2.45, 2.75) is 52.1 Å². The van der Waals surface area contributed by atoms with Crippen molar-refractivity contribution in [3.63, 3.8) is 0 Å². The second-order valence-corrected chi connectivity index (χ2v) is 8.31. The fourth-order valence-corrected chi connectivity index (χ4v) is 4.38. The number of thiophene rings is 1. The van der Waals surface area contributed by atoms with Gasteiger partial charge in [-0.15, -0.1) is 10.2 Å². The third-order valence-electron chi connectivity index (χ3n) is 5.66. The predicted octanol–water partition coefficient (Wildman–Crippen LogP) is 2.51. The van der Waals surface area contributed by atoms with Crippen molar-refractivity contribution in [2.24, 2.45) is 12.0 Å². The van der Waals surface area contributed by atoms with E-state index in [1.165, 1.54) is 24.9 Å². The molecule has 7 nitrogen and oxygen atoms in total. The molecule has 154 valence electrons. The van der Waals surface area contributed by atoms with Crippen LogP contribution in [0.15, 0.2) is 21.8 Å². The first-order valence-electron chi connectivity index (χ1n) is 10.2. The molecule has 0 aromatic carbocycles. The molecule has 0 bridgehead atoms. The van der Waals surface area contributed by atoms with Crippen LogP contribution < -0.4 is 10.6 Å². The lowest BCUT2D eigenvalue weighted by Gasteiger charge is -2.24. The maximum atomic E-state index is 4.79. The van der Waals surface area contributed by atoms with Gasteiger partial charge in [0, 0.05) is 26.2 Å². The number of likely N-dealkylation sites (tertiary alicyclic amines) is 1. The summed E-state index contributed by atoms with van der Waals surface area (Å²) in [5.41, 5.74) is 1.37. The van der Waals surface area contributed by atoms with Crippen LogP contribution in [-0.4, -0.2) is 57.8 Å². The molecular weight excluding hydrogens is 370 g/mol. The van der Waals surface area contributed by atoms with Crippen LogP contribution in [0.3, 0.4) is 0 Å². The number of aliphatic imine (C=N–C) groups is 1. The van der Waals surface area contributed by atoms with E-state index in [2.05, 4.69) is 56.4 Å². The van der Waals surface area contributed by atoms with Crippen molar-refractivity contribution in [3.8, 4) is 0 Å². The lowest BCUT2D eigenvalue weighted by molar-refractivity contribution is 0.267. The maximum Gasteiger partial charge on any atom is 0.191 e. The van der Waals surface area contributed by atoms with Crippen molar-refractivity contribution < 1.29 is 0 Å². The summed E-state index contributed by atoms with van der Waals surface area (Å²) < 4.78 is 1.99. The largest absolute Gasteiger partial charge is 0.356 e. The lowest BCUT2D eigenvalue weighted by atomic mass is 10.1. The summed E-state index contributed by atoms with van der Waals surface area (Å²) in [5, 5.41) is 19.8. The molecule has 28 heavy (non-hydrogen) atoms. The summed E-state index contributed by atoms with van der Waals surface area (Å²) >= 11 is 1.75. The van der Waals surface area contributed by atoms with E-state index in [0.717, 1.165) is 37.2 Å². The van der Waals surface area contributed by atoms with Crippen molar-refractivity contribution in [2.75, 3.05) is 26.2 Å². The number of likely N-dealkylation sites (N-methyl/N-ethyl adjacent to an activating group) is 1. The monoisotopic (exact) mass is 403 g/mol. The Morgan fingerprint density at radius 3 is 2.93 bits per heavy atom. The number of aromatic nitrogens is 3.